The molecule has 0 spiro atoms. The minimum Gasteiger partial charge on any atom is -0.388 e. The van der Waals surface area contributed by atoms with Gasteiger partial charge in [-0.05, 0) is 42.5 Å². The molecule has 0 radical (unpaired) electrons. The van der Waals surface area contributed by atoms with Gasteiger partial charge in [0, 0.05) is 17.8 Å². The Bertz CT molecular complexity index is 697. The number of benzene rings is 2. The first-order valence-corrected chi connectivity index (χ1v) is 7.53. The van der Waals surface area contributed by atoms with Gasteiger partial charge in [0.05, 0.1) is 10.6 Å². The van der Waals surface area contributed by atoms with Crippen LogP contribution in [0.25, 0.3) is 0 Å². The molecule has 0 saturated heterocycles. The lowest BCUT2D eigenvalue weighted by Gasteiger charge is -2.09. The Hall–Kier alpha value is -1.79. The number of nitrogens with one attached hydrogen (secondary N) is 2. The number of rotatable bonds is 4. The van der Waals surface area contributed by atoms with Gasteiger partial charge >= 0.3 is 0 Å². The molecule has 2 aromatic rings. The molecule has 0 aliphatic rings. The number of hydrogen-bond acceptors (Lipinski definition) is 3. The van der Waals surface area contributed by atoms with Crippen molar-refractivity contribution in [1.82, 2.24) is 0 Å². The second-order valence-corrected chi connectivity index (χ2v) is 6.16. The summed E-state index contributed by atoms with van der Waals surface area (Å²) in [7, 11) is -2.04. The topological polar surface area (TPSA) is 58.2 Å². The predicted octanol–water partition coefficient (Wildman–Crippen LogP) is 3.32. The summed E-state index contributed by atoms with van der Waals surface area (Å²) in [6, 6.07) is 9.67. The predicted molar refractivity (Wildman–Crippen MR) is 78.2 cm³/mol. The molecule has 0 atom stereocenters. The Morgan fingerprint density at radius 3 is 2.25 bits per heavy atom. The van der Waals surface area contributed by atoms with Gasteiger partial charge < -0.3 is 5.32 Å². The Morgan fingerprint density at radius 1 is 1.05 bits per heavy atom. The van der Waals surface area contributed by atoms with Crippen molar-refractivity contribution in [2.24, 2.45) is 0 Å². The van der Waals surface area contributed by atoms with Crippen LogP contribution in [0.5, 0.6) is 0 Å². The van der Waals surface area contributed by atoms with Crippen molar-refractivity contribution in [2.75, 3.05) is 17.1 Å². The van der Waals surface area contributed by atoms with E-state index in [1.165, 1.54) is 18.2 Å². The van der Waals surface area contributed by atoms with Gasteiger partial charge in [-0.15, -0.1) is 0 Å². The van der Waals surface area contributed by atoms with Crippen molar-refractivity contribution < 1.29 is 12.8 Å². The van der Waals surface area contributed by atoms with Crippen molar-refractivity contribution in [3.8, 4) is 0 Å². The molecular weight excluding hydrogens is 303 g/mol. The standard InChI is InChI=1S/C13H12ClFN2O2S/c1-16-11-2-4-13(5-3-11)20(18,19)17-12-7-9(14)6-10(15)8-12/h2-8,16-17H,1H3. The van der Waals surface area contributed by atoms with E-state index in [0.29, 0.717) is 0 Å². The van der Waals surface area contributed by atoms with E-state index in [2.05, 4.69) is 10.0 Å². The molecule has 4 nitrogen and oxygen atoms in total. The molecule has 20 heavy (non-hydrogen) atoms. The van der Waals surface area contributed by atoms with Crippen molar-refractivity contribution in [3.05, 3.63) is 53.3 Å². The Balaban J connectivity index is 2.30. The van der Waals surface area contributed by atoms with Gasteiger partial charge in [-0.2, -0.15) is 0 Å². The van der Waals surface area contributed by atoms with Crippen LogP contribution in [0.4, 0.5) is 15.8 Å². The second kappa shape index (κ2) is 5.68. The third-order valence-corrected chi connectivity index (χ3v) is 4.18. The fourth-order valence-corrected chi connectivity index (χ4v) is 2.89. The molecule has 2 N–H and O–H groups in total. The summed E-state index contributed by atoms with van der Waals surface area (Å²) in [5, 5.41) is 3.01. The van der Waals surface area contributed by atoms with Crippen molar-refractivity contribution >= 4 is 33.0 Å². The summed E-state index contributed by atoms with van der Waals surface area (Å²) in [6.45, 7) is 0. The largest absolute Gasteiger partial charge is 0.388 e. The Kier molecular flexibility index (Phi) is 4.15. The first-order valence-electron chi connectivity index (χ1n) is 5.67. The molecule has 0 aromatic heterocycles. The average Bonchev–Trinajstić information content (AvgIpc) is 2.37. The Labute approximate surface area is 121 Å². The number of halogens is 2. The summed E-state index contributed by atoms with van der Waals surface area (Å²) >= 11 is 5.68. The normalized spacial score (nSPS) is 11.2. The smallest absolute Gasteiger partial charge is 0.261 e. The van der Waals surface area contributed by atoms with Gasteiger partial charge in [0.15, 0.2) is 0 Å². The number of hydrogen-bond donors (Lipinski definition) is 2. The van der Waals surface area contributed by atoms with Gasteiger partial charge in [0.2, 0.25) is 0 Å². The van der Waals surface area contributed by atoms with E-state index < -0.39 is 15.8 Å². The fraction of sp³-hybridized carbons (Fsp3) is 0.0769. The van der Waals surface area contributed by atoms with E-state index in [0.717, 1.165) is 17.8 Å². The van der Waals surface area contributed by atoms with Gasteiger partial charge in [0.1, 0.15) is 5.82 Å². The highest BCUT2D eigenvalue weighted by Crippen LogP contribution is 2.22. The SMILES string of the molecule is CNc1ccc(S(=O)(=O)Nc2cc(F)cc(Cl)c2)cc1. The van der Waals surface area contributed by atoms with Crippen LogP contribution in [0.3, 0.4) is 0 Å². The molecule has 0 amide bonds. The number of anilines is 2. The van der Waals surface area contributed by atoms with Gasteiger partial charge in [0.25, 0.3) is 10.0 Å². The molecule has 106 valence electrons. The van der Waals surface area contributed by atoms with E-state index in [1.807, 2.05) is 0 Å². The van der Waals surface area contributed by atoms with Crippen LogP contribution < -0.4 is 10.0 Å². The molecule has 0 bridgehead atoms. The van der Waals surface area contributed by atoms with Crippen molar-refractivity contribution in [3.63, 3.8) is 0 Å². The maximum Gasteiger partial charge on any atom is 0.261 e. The summed E-state index contributed by atoms with van der Waals surface area (Å²) < 4.78 is 39.7. The minimum absolute atomic E-state index is 0.0766. The lowest BCUT2D eigenvalue weighted by Crippen LogP contribution is -2.13. The van der Waals surface area contributed by atoms with Crippen molar-refractivity contribution in [2.45, 2.75) is 4.90 Å². The molecule has 0 heterocycles. The zero-order valence-corrected chi connectivity index (χ0v) is 12.1. The molecule has 0 aliphatic heterocycles. The Morgan fingerprint density at radius 2 is 1.70 bits per heavy atom. The highest BCUT2D eigenvalue weighted by molar-refractivity contribution is 7.92. The molecule has 0 saturated carbocycles. The van der Waals surface area contributed by atoms with Crippen molar-refractivity contribution in [1.29, 1.82) is 0 Å². The van der Waals surface area contributed by atoms with Crippen LogP contribution in [-0.4, -0.2) is 15.5 Å². The monoisotopic (exact) mass is 314 g/mol. The highest BCUT2D eigenvalue weighted by Gasteiger charge is 2.14. The zero-order valence-electron chi connectivity index (χ0n) is 10.5. The first-order chi connectivity index (χ1) is 9.40. The summed E-state index contributed by atoms with van der Waals surface area (Å²) in [5.41, 5.74) is 0.866. The molecule has 2 rings (SSSR count). The third-order valence-electron chi connectivity index (χ3n) is 2.57. The zero-order chi connectivity index (χ0) is 14.8. The van der Waals surface area contributed by atoms with Crippen LogP contribution in [0.2, 0.25) is 5.02 Å². The minimum atomic E-state index is -3.77. The van der Waals surface area contributed by atoms with E-state index >= 15 is 0 Å². The van der Waals surface area contributed by atoms with Gasteiger partial charge in [-0.3, -0.25) is 4.72 Å². The maximum atomic E-state index is 13.2. The third kappa shape index (κ3) is 3.40. The van der Waals surface area contributed by atoms with Crippen LogP contribution >= 0.6 is 11.6 Å². The van der Waals surface area contributed by atoms with E-state index in [9.17, 15) is 12.8 Å². The molecule has 0 aliphatic carbocycles. The van der Waals surface area contributed by atoms with Gasteiger partial charge in [-0.1, -0.05) is 11.6 Å². The summed E-state index contributed by atoms with van der Waals surface area (Å²) in [5.74, 6) is -0.610. The van der Waals surface area contributed by atoms with Crippen LogP contribution in [-0.2, 0) is 10.0 Å². The highest BCUT2D eigenvalue weighted by atomic mass is 35.5. The van der Waals surface area contributed by atoms with Crippen LogP contribution in [0.1, 0.15) is 0 Å². The lowest BCUT2D eigenvalue weighted by molar-refractivity contribution is 0.601. The quantitative estimate of drug-likeness (QED) is 0.910. The first kappa shape index (κ1) is 14.6. The fourth-order valence-electron chi connectivity index (χ4n) is 1.63. The second-order valence-electron chi connectivity index (χ2n) is 4.04. The van der Waals surface area contributed by atoms with E-state index in [-0.39, 0.29) is 15.6 Å². The maximum absolute atomic E-state index is 13.2. The van der Waals surface area contributed by atoms with E-state index in [4.69, 9.17) is 11.6 Å². The average molecular weight is 315 g/mol. The molecule has 2 aromatic carbocycles. The molecule has 7 heteroatoms. The lowest BCUT2D eigenvalue weighted by atomic mass is 10.3. The van der Waals surface area contributed by atoms with E-state index in [1.54, 1.807) is 19.2 Å². The van der Waals surface area contributed by atoms with Crippen LogP contribution in [0.15, 0.2) is 47.4 Å². The summed E-state index contributed by atoms with van der Waals surface area (Å²) in [4.78, 5) is 0.0804. The molecule has 0 fully saturated rings. The van der Waals surface area contributed by atoms with Crippen LogP contribution in [0, 0.1) is 5.82 Å². The van der Waals surface area contributed by atoms with Gasteiger partial charge in [-0.25, -0.2) is 12.8 Å². The number of sulfonamides is 1. The summed E-state index contributed by atoms with van der Waals surface area (Å²) in [6.07, 6.45) is 0. The molecular formula is C13H12ClFN2O2S. The molecule has 0 unspecified atom stereocenters.